The Morgan fingerprint density at radius 3 is 0.921 bits per heavy atom. The van der Waals surface area contributed by atoms with Gasteiger partial charge in [-0.15, -0.1) is 0 Å². The minimum absolute atomic E-state index is 0.395. The topological polar surface area (TPSA) is 39.4 Å². The fraction of sp³-hybridized carbons (Fsp3) is 0. The highest BCUT2D eigenvalue weighted by Crippen LogP contribution is 2.53. The molecule has 0 unspecified atom stereocenters. The lowest BCUT2D eigenvalue weighted by molar-refractivity contribution is 0.668. The van der Waals surface area contributed by atoms with Crippen LogP contribution in [0.25, 0.3) is 252 Å². The second-order valence-electron chi connectivity index (χ2n) is 27.1. The molecule has 0 fully saturated rings. The summed E-state index contributed by atoms with van der Waals surface area (Å²) in [5, 5.41) is -12.6. The van der Waals surface area contributed by atoms with Crippen molar-refractivity contribution in [3.8, 4) is 111 Å². The van der Waals surface area contributed by atoms with Crippen LogP contribution in [-0.4, -0.2) is 0 Å². The van der Waals surface area contributed by atoms with Crippen molar-refractivity contribution < 1.29 is 119 Å². The van der Waals surface area contributed by atoms with Crippen LogP contribution in [0.15, 0.2) is 485 Å². The van der Waals surface area contributed by atoms with Crippen LogP contribution < -0.4 is 0 Å². The number of rotatable bonds is 10. The average Bonchev–Trinajstić information content (AvgIpc) is 1.44. The maximum atomic E-state index is 9.53. The van der Waals surface area contributed by atoms with Gasteiger partial charge in [0.2, 0.25) is 0 Å². The van der Waals surface area contributed by atoms with E-state index in [2.05, 4.69) is 0 Å². The van der Waals surface area contributed by atoms with Gasteiger partial charge in [-0.1, -0.05) is 429 Å². The van der Waals surface area contributed by atoms with E-state index in [0.717, 1.165) is 6.07 Å². The van der Waals surface area contributed by atoms with Crippen molar-refractivity contribution in [2.75, 3.05) is 0 Å². The molecule has 0 amide bonds. The average molecular weight is 1690 g/mol. The summed E-state index contributed by atoms with van der Waals surface area (Å²) in [7, 11) is 0. The fourth-order valence-corrected chi connectivity index (χ4v) is 15.2. The molecule has 26 aromatic rings. The number of hydrogen-bond acceptors (Lipinski definition) is 3. The molecular formula is C124H78O3. The lowest BCUT2D eigenvalue weighted by Crippen LogP contribution is -1.91. The number of hydrogen-bond donors (Lipinski definition) is 0. The Hall–Kier alpha value is -16.7. The van der Waals surface area contributed by atoms with E-state index in [9.17, 15) is 30.2 Å². The maximum Gasteiger partial charge on any atom is 0.143 e. The third kappa shape index (κ3) is 12.7. The Morgan fingerprint density at radius 1 is 0.142 bits per heavy atom. The van der Waals surface area contributed by atoms with E-state index >= 15 is 0 Å². The molecule has 3 aromatic heterocycles. The van der Waals surface area contributed by atoms with E-state index in [0.29, 0.717) is 0 Å². The highest BCUT2D eigenvalue weighted by Gasteiger charge is 2.26. The van der Waals surface area contributed by atoms with Crippen LogP contribution in [0.1, 0.15) is 106 Å². The Kier molecular flexibility index (Phi) is 7.34. The molecule has 23 aromatic carbocycles. The molecule has 592 valence electrons. The zero-order valence-electron chi connectivity index (χ0n) is 140. The van der Waals surface area contributed by atoms with Gasteiger partial charge in [0.15, 0.2) is 0 Å². The predicted octanol–water partition coefficient (Wildman–Crippen LogP) is 35.5. The summed E-state index contributed by atoms with van der Waals surface area (Å²) >= 11 is 0. The molecule has 0 saturated carbocycles. The second-order valence-corrected chi connectivity index (χ2v) is 27.1. The van der Waals surface area contributed by atoms with Gasteiger partial charge in [0.1, 0.15) is 33.5 Å². The molecule has 127 heavy (non-hydrogen) atoms. The number of fused-ring (bicyclic) bond motifs is 16. The zero-order chi connectivity index (χ0) is 151. The van der Waals surface area contributed by atoms with Gasteiger partial charge in [0.05, 0.1) is 106 Å². The zero-order valence-corrected chi connectivity index (χ0v) is 63.3. The van der Waals surface area contributed by atoms with E-state index in [4.69, 9.17) is 88.6 Å². The minimum atomic E-state index is -1.02. The first-order valence-corrected chi connectivity index (χ1v) is 37.3. The molecule has 0 atom stereocenters. The van der Waals surface area contributed by atoms with Gasteiger partial charge in [-0.25, -0.2) is 0 Å². The van der Waals surface area contributed by atoms with Gasteiger partial charge < -0.3 is 13.3 Å². The molecule has 0 aliphatic carbocycles. The summed E-state index contributed by atoms with van der Waals surface area (Å²) < 4.78 is 701. The predicted molar refractivity (Wildman–Crippen MR) is 538 cm³/mol. The number of para-hydroxylation sites is 1. The van der Waals surface area contributed by atoms with Crippen molar-refractivity contribution in [2.24, 2.45) is 0 Å². The van der Waals surface area contributed by atoms with E-state index in [1.807, 2.05) is 0 Å². The van der Waals surface area contributed by atoms with Gasteiger partial charge >= 0.3 is 0 Å². The van der Waals surface area contributed by atoms with Crippen molar-refractivity contribution >= 4 is 141 Å². The first-order valence-electron chi connectivity index (χ1n) is 75.8. The van der Waals surface area contributed by atoms with Crippen LogP contribution in [0.5, 0.6) is 0 Å². The summed E-state index contributed by atoms with van der Waals surface area (Å²) in [6.45, 7) is 0. The molecule has 0 aliphatic heterocycles. The van der Waals surface area contributed by atoms with Crippen molar-refractivity contribution in [3.05, 3.63) is 471 Å². The Bertz CT molecular complexity index is 13500. The first-order chi connectivity index (χ1) is 95.1. The number of benzene rings is 23. The summed E-state index contributed by atoms with van der Waals surface area (Å²) in [6.07, 6.45) is 0. The van der Waals surface area contributed by atoms with Gasteiger partial charge in [-0.2, -0.15) is 0 Å². The molecule has 0 saturated heterocycles. The van der Waals surface area contributed by atoms with Crippen LogP contribution >= 0.6 is 0 Å². The first kappa shape index (κ1) is 29.8. The van der Waals surface area contributed by atoms with E-state index in [1.165, 1.54) is 0 Å². The molecule has 26 rings (SSSR count). The van der Waals surface area contributed by atoms with Gasteiger partial charge in [-0.3, -0.25) is 0 Å². The lowest BCUT2D eigenvalue weighted by Gasteiger charge is -2.18. The van der Waals surface area contributed by atoms with Gasteiger partial charge in [0, 0.05) is 37.9 Å². The molecular weight excluding hydrogens is 1540 g/mol. The Morgan fingerprint density at radius 2 is 0.449 bits per heavy atom. The van der Waals surface area contributed by atoms with Crippen molar-refractivity contribution in [3.63, 3.8) is 0 Å². The fourth-order valence-electron chi connectivity index (χ4n) is 15.2. The highest BCUT2D eigenvalue weighted by molar-refractivity contribution is 6.30. The molecule has 3 heterocycles. The normalized spacial score (nSPS) is 20.1. The van der Waals surface area contributed by atoms with Crippen molar-refractivity contribution in [2.45, 2.75) is 0 Å². The van der Waals surface area contributed by atoms with Gasteiger partial charge in [-0.05, 0) is 223 Å². The van der Waals surface area contributed by atoms with E-state index in [1.54, 1.807) is 0 Å². The summed E-state index contributed by atoms with van der Waals surface area (Å²) in [6, 6.07) is -68.4. The number of furan rings is 3. The van der Waals surface area contributed by atoms with Crippen LogP contribution in [0.2, 0.25) is 0 Å². The lowest BCUT2D eigenvalue weighted by atomic mass is 9.85. The largest absolute Gasteiger partial charge is 0.456 e. The second kappa shape index (κ2) is 31.3. The maximum absolute atomic E-state index is 9.53. The minimum Gasteiger partial charge on any atom is -0.456 e. The quantitative estimate of drug-likeness (QED) is 0.128. The SMILES string of the molecule is [2H]c1c([2H])c([2H])c(-c2c([2H])c([2H])c(-c3c([2H])c([2H])c([2H])c4c3oc3c([2H])c([2H])c([2H])c(-c5c6c([2H])c([2H])c([2H])c([2H])c6c(-c6c([2H])c([2H])c([2H])c([2H])c6[2H])c6c([2H])c([2H])c([2H])c([2H])c56)c34)c([2H])c2[2H])c([2H])c1[2H].[2H]c1c([2H])c([2H])c(-c2c3c([2H])c([2H])c([2H])c([2H])c3c(-c3c([2H])c([2H])c([2H])c4oc5c([2H])c(-c6c([2H])c([2H])c([2H])c7c([2H])c([2H])c([2H])c([2H])c67)c([2H])c([2H])c5c34)c3c([2H])c([2H])c([2H])c([2H])c23)c([2H])c1[2H].[2H]c1cc(-c2c([2H])c([2H])c3oc4c([2H])c([2H])c([2H])c(-c5c6c([2H])c([2H])c([2H])c([2H])c6c(-c6c([2H])c([2H])c([2H])c([2H])c6[2H])c6c([2H])c([2H])c([2H])c([2H])c56)c4c3c2[2H])c([2H])c([2H])c1[2H]. The van der Waals surface area contributed by atoms with Crippen LogP contribution in [0, 0.1) is 0 Å². The van der Waals surface area contributed by atoms with Crippen molar-refractivity contribution in [1.29, 1.82) is 0 Å². The van der Waals surface area contributed by atoms with Crippen LogP contribution in [-0.2, 0) is 0 Å². The van der Waals surface area contributed by atoms with Crippen LogP contribution in [0.3, 0.4) is 0 Å². The Balaban J connectivity index is 0.000000152. The summed E-state index contributed by atoms with van der Waals surface area (Å²) in [5.41, 5.74) is -17.5. The molecule has 0 radical (unpaired) electrons. The molecule has 3 nitrogen and oxygen atoms in total. The molecule has 0 aliphatic rings. The third-order valence-corrected chi connectivity index (χ3v) is 20.4. The van der Waals surface area contributed by atoms with E-state index < -0.39 is 718 Å². The molecule has 0 spiro atoms. The monoisotopic (exact) mass is 1690 g/mol. The smallest absolute Gasteiger partial charge is 0.143 e. The third-order valence-electron chi connectivity index (χ3n) is 20.4. The van der Waals surface area contributed by atoms with Crippen LogP contribution in [0.4, 0.5) is 0 Å². The van der Waals surface area contributed by atoms with Gasteiger partial charge in [0.25, 0.3) is 0 Å². The standard InChI is InChI=1S/C44H28O.C42H26O.C38H24O/c1-3-13-29(14-4-1)30-25-27-31(28-26-30)33-21-11-23-39-43-38(22-12-24-40(43)45-44(33)39)42-36-19-9-7-17-34(36)41(32-15-5-2-6-16-32)35-18-8-10-20-37(35)42;1-2-13-28(14-3-1)40-32-17-6-8-19-34(32)41(35-20-9-7-18-33(35)40)37-22-11-23-38-42(37)36-25-24-29(26-39(36)43-38)31-21-10-15-27-12-4-5-16-30(27)31;1-3-12-25(13-4-1)27-22-23-34-33(24-27)38-32(20-11-21-35(38)39-34)37-30-18-9-7-16-28(30)36(26-14-5-2-6-15-26)29-17-8-10-19-31(29)37/h1-28H;1-26H;1-24H/i1D,2D,3D,4D,5D,6D,7D,8D,9D,10D,11D,12D,13D,14D,15D,16D,17D,18D,19D,20D,21D,22D,23D,24D,25D,26D,27D,28D;1D,2D,3D,4D,5D,6D,7D,8D,9D,10D,11D,12D,13D,14D,15D,16D,17D,18D,19D,20D,21D,22D,23D,24D,25D,26D;1D,2D,3D,4D,5D,6D,7D,8D,9D,10D,11D,12D,14D,15D,16D,17D,18D,19D,20D,21D,22D,23D,24D. The highest BCUT2D eigenvalue weighted by atomic mass is 16.3. The molecule has 0 bridgehead atoms. The summed E-state index contributed by atoms with van der Waals surface area (Å²) in [4.78, 5) is 0. The Labute approximate surface area is 842 Å². The van der Waals surface area contributed by atoms with Crippen molar-refractivity contribution in [1.82, 2.24) is 0 Å². The molecule has 3 heteroatoms. The summed E-state index contributed by atoms with van der Waals surface area (Å²) in [5.74, 6) is 0. The molecule has 0 N–H and O–H groups in total. The van der Waals surface area contributed by atoms with E-state index in [-0.39, 0.29) is 0 Å².